The molecule has 1 aromatic heterocycles. The summed E-state index contributed by atoms with van der Waals surface area (Å²) in [5, 5.41) is 2.27. The van der Waals surface area contributed by atoms with Crippen molar-refractivity contribution in [2.24, 2.45) is 0 Å². The van der Waals surface area contributed by atoms with Crippen LogP contribution < -0.4 is 5.56 Å². The summed E-state index contributed by atoms with van der Waals surface area (Å²) in [5.41, 5.74) is 0.945. The van der Waals surface area contributed by atoms with Crippen molar-refractivity contribution in [3.05, 3.63) is 58.4 Å². The maximum Gasteiger partial charge on any atom is 0.337 e. The lowest BCUT2D eigenvalue weighted by Crippen LogP contribution is -2.08. The molecule has 1 N–H and O–H groups in total. The molecule has 0 amide bonds. The lowest BCUT2D eigenvalue weighted by molar-refractivity contribution is 0.0601. The molecule has 0 saturated carbocycles. The Kier molecular flexibility index (Phi) is 2.56. The van der Waals surface area contributed by atoms with Gasteiger partial charge >= 0.3 is 5.97 Å². The molecule has 4 nitrogen and oxygen atoms in total. The van der Waals surface area contributed by atoms with Gasteiger partial charge in [-0.2, -0.15) is 0 Å². The highest BCUT2D eigenvalue weighted by atomic mass is 16.5. The van der Waals surface area contributed by atoms with Gasteiger partial charge in [0.1, 0.15) is 0 Å². The molecule has 3 rings (SSSR count). The summed E-state index contributed by atoms with van der Waals surface area (Å²) in [6, 6.07) is 12.6. The first kappa shape index (κ1) is 11.5. The molecule has 0 aliphatic rings. The van der Waals surface area contributed by atoms with Gasteiger partial charge < -0.3 is 9.72 Å². The minimum atomic E-state index is -0.450. The van der Waals surface area contributed by atoms with Crippen molar-refractivity contribution < 1.29 is 9.53 Å². The zero-order chi connectivity index (χ0) is 13.4. The Hall–Kier alpha value is -2.62. The van der Waals surface area contributed by atoms with Gasteiger partial charge in [-0.05, 0) is 23.6 Å². The molecule has 2 aromatic carbocycles. The van der Waals surface area contributed by atoms with E-state index in [1.807, 2.05) is 24.3 Å². The van der Waals surface area contributed by atoms with Crippen molar-refractivity contribution in [1.29, 1.82) is 0 Å². The molecule has 3 aromatic rings. The molecule has 0 aliphatic carbocycles. The molecule has 0 unspecified atom stereocenters. The van der Waals surface area contributed by atoms with Crippen LogP contribution in [0.5, 0.6) is 0 Å². The first-order chi connectivity index (χ1) is 9.20. The predicted octanol–water partition coefficient (Wildman–Crippen LogP) is 2.47. The van der Waals surface area contributed by atoms with Gasteiger partial charge in [-0.1, -0.05) is 24.3 Å². The number of para-hydroxylation sites is 1. The number of rotatable bonds is 1. The van der Waals surface area contributed by atoms with Crippen LogP contribution in [-0.4, -0.2) is 18.1 Å². The summed E-state index contributed by atoms with van der Waals surface area (Å²) in [6.45, 7) is 0. The van der Waals surface area contributed by atoms with E-state index in [1.165, 1.54) is 7.11 Å². The number of hydrogen-bond acceptors (Lipinski definition) is 3. The van der Waals surface area contributed by atoms with Gasteiger partial charge in [0.15, 0.2) is 0 Å². The monoisotopic (exact) mass is 253 g/mol. The minimum absolute atomic E-state index is 0.209. The fourth-order valence-corrected chi connectivity index (χ4v) is 2.23. The molecule has 0 spiro atoms. The molecular formula is C15H11NO3. The lowest BCUT2D eigenvalue weighted by atomic mass is 10.0. The Morgan fingerprint density at radius 3 is 2.63 bits per heavy atom. The molecule has 19 heavy (non-hydrogen) atoms. The second-order valence-corrected chi connectivity index (χ2v) is 4.25. The van der Waals surface area contributed by atoms with Crippen molar-refractivity contribution in [1.82, 2.24) is 4.98 Å². The number of hydrogen-bond donors (Lipinski definition) is 1. The van der Waals surface area contributed by atoms with E-state index in [-0.39, 0.29) is 5.56 Å². The first-order valence-electron chi connectivity index (χ1n) is 5.84. The number of methoxy groups -OCH3 is 1. The number of carbonyl (C=O) groups excluding carboxylic acids is 1. The van der Waals surface area contributed by atoms with Crippen molar-refractivity contribution in [2.75, 3.05) is 7.11 Å². The van der Waals surface area contributed by atoms with Crippen molar-refractivity contribution >= 4 is 27.6 Å². The number of ether oxygens (including phenoxy) is 1. The van der Waals surface area contributed by atoms with Gasteiger partial charge in [-0.15, -0.1) is 0 Å². The average molecular weight is 253 g/mol. The number of fused-ring (bicyclic) bond motifs is 3. The Morgan fingerprint density at radius 2 is 1.84 bits per heavy atom. The van der Waals surface area contributed by atoms with Gasteiger partial charge in [-0.3, -0.25) is 4.79 Å². The highest BCUT2D eigenvalue weighted by molar-refractivity contribution is 6.07. The van der Waals surface area contributed by atoms with E-state index in [4.69, 9.17) is 0 Å². The Balaban J connectivity index is 2.42. The summed E-state index contributed by atoms with van der Waals surface area (Å²) in [7, 11) is 1.32. The van der Waals surface area contributed by atoms with Crippen LogP contribution in [0.15, 0.2) is 47.3 Å². The first-order valence-corrected chi connectivity index (χ1v) is 5.84. The van der Waals surface area contributed by atoms with Crippen LogP contribution in [0.2, 0.25) is 0 Å². The second kappa shape index (κ2) is 4.24. The fraction of sp³-hybridized carbons (Fsp3) is 0.0667. The molecule has 0 saturated heterocycles. The van der Waals surface area contributed by atoms with Crippen LogP contribution in [0.4, 0.5) is 0 Å². The third kappa shape index (κ3) is 1.78. The van der Waals surface area contributed by atoms with E-state index >= 15 is 0 Å². The van der Waals surface area contributed by atoms with E-state index in [0.29, 0.717) is 10.9 Å². The van der Waals surface area contributed by atoms with E-state index < -0.39 is 5.97 Å². The number of aromatic nitrogens is 1. The van der Waals surface area contributed by atoms with Gasteiger partial charge in [0.25, 0.3) is 5.56 Å². The average Bonchev–Trinajstić information content (AvgIpc) is 2.46. The molecule has 0 fully saturated rings. The number of benzene rings is 2. The number of aromatic amines is 1. The summed E-state index contributed by atoms with van der Waals surface area (Å²) in [6.07, 6.45) is 0. The largest absolute Gasteiger partial charge is 0.465 e. The Morgan fingerprint density at radius 1 is 1.05 bits per heavy atom. The maximum absolute atomic E-state index is 12.0. The predicted molar refractivity (Wildman–Crippen MR) is 73.4 cm³/mol. The Labute approximate surface area is 108 Å². The van der Waals surface area contributed by atoms with Crippen molar-refractivity contribution in [2.45, 2.75) is 0 Å². The quantitative estimate of drug-likeness (QED) is 0.535. The molecular weight excluding hydrogens is 242 g/mol. The van der Waals surface area contributed by atoms with Crippen LogP contribution >= 0.6 is 0 Å². The second-order valence-electron chi connectivity index (χ2n) is 4.25. The number of pyridine rings is 1. The topological polar surface area (TPSA) is 59.2 Å². The van der Waals surface area contributed by atoms with Gasteiger partial charge in [0, 0.05) is 16.3 Å². The van der Waals surface area contributed by atoms with Gasteiger partial charge in [0.05, 0.1) is 12.7 Å². The molecule has 94 valence electrons. The van der Waals surface area contributed by atoms with E-state index in [9.17, 15) is 9.59 Å². The minimum Gasteiger partial charge on any atom is -0.465 e. The van der Waals surface area contributed by atoms with E-state index in [0.717, 1.165) is 16.3 Å². The standard InChI is InChI=1S/C15H11NO3/c1-19-15(18)9-6-7-10-11-4-2-3-5-13(11)16-14(17)12(10)8-9/h2-8H,1H3,(H,16,17). The number of nitrogens with one attached hydrogen (secondary N) is 1. The molecule has 4 heteroatoms. The van der Waals surface area contributed by atoms with Gasteiger partial charge in [-0.25, -0.2) is 4.79 Å². The molecule has 0 aliphatic heterocycles. The third-order valence-corrected chi connectivity index (χ3v) is 3.15. The Bertz CT molecular complexity index is 849. The number of esters is 1. The van der Waals surface area contributed by atoms with E-state index in [2.05, 4.69) is 9.72 Å². The molecule has 0 radical (unpaired) electrons. The smallest absolute Gasteiger partial charge is 0.337 e. The zero-order valence-corrected chi connectivity index (χ0v) is 10.3. The summed E-state index contributed by atoms with van der Waals surface area (Å²) < 4.78 is 4.66. The van der Waals surface area contributed by atoms with Crippen molar-refractivity contribution in [3.63, 3.8) is 0 Å². The fourth-order valence-electron chi connectivity index (χ4n) is 2.23. The van der Waals surface area contributed by atoms with Crippen molar-refractivity contribution in [3.8, 4) is 0 Å². The normalized spacial score (nSPS) is 10.8. The maximum atomic E-state index is 12.0. The highest BCUT2D eigenvalue weighted by Crippen LogP contribution is 2.22. The highest BCUT2D eigenvalue weighted by Gasteiger charge is 2.10. The summed E-state index contributed by atoms with van der Waals surface area (Å²) >= 11 is 0. The number of H-pyrrole nitrogens is 1. The summed E-state index contributed by atoms with van der Waals surface area (Å²) in [5.74, 6) is -0.450. The molecule has 0 bridgehead atoms. The van der Waals surface area contributed by atoms with Crippen LogP contribution in [0.25, 0.3) is 21.7 Å². The lowest BCUT2D eigenvalue weighted by Gasteiger charge is -2.05. The zero-order valence-electron chi connectivity index (χ0n) is 10.3. The SMILES string of the molecule is COC(=O)c1ccc2c(c1)c(=O)[nH]c1ccccc12. The van der Waals surface area contributed by atoms with E-state index in [1.54, 1.807) is 18.2 Å². The number of carbonyl (C=O) groups is 1. The summed E-state index contributed by atoms with van der Waals surface area (Å²) in [4.78, 5) is 26.4. The molecule has 0 atom stereocenters. The van der Waals surface area contributed by atoms with Crippen LogP contribution in [0.1, 0.15) is 10.4 Å². The molecule has 1 heterocycles. The van der Waals surface area contributed by atoms with Crippen LogP contribution in [0, 0.1) is 0 Å². The third-order valence-electron chi connectivity index (χ3n) is 3.15. The van der Waals surface area contributed by atoms with Crippen LogP contribution in [-0.2, 0) is 4.74 Å². The van der Waals surface area contributed by atoms with Gasteiger partial charge in [0.2, 0.25) is 0 Å². The van der Waals surface area contributed by atoms with Crippen LogP contribution in [0.3, 0.4) is 0 Å².